The molecular weight excluding hydrogens is 524 g/mol. The van der Waals surface area contributed by atoms with Crippen LogP contribution in [-0.4, -0.2) is 78.9 Å². The molecule has 3 aromatic rings. The van der Waals surface area contributed by atoms with Crippen molar-refractivity contribution in [2.45, 2.75) is 6.54 Å². The van der Waals surface area contributed by atoms with Crippen molar-refractivity contribution in [3.05, 3.63) is 69.5 Å². The van der Waals surface area contributed by atoms with Crippen LogP contribution >= 0.6 is 0 Å². The lowest BCUT2D eigenvalue weighted by Crippen LogP contribution is -2.46. The zero-order chi connectivity index (χ0) is 28.2. The van der Waals surface area contributed by atoms with Crippen LogP contribution in [0.1, 0.15) is 26.3 Å². The third-order valence-electron chi connectivity index (χ3n) is 6.54. The lowest BCUT2D eigenvalue weighted by atomic mass is 10.1. The normalized spacial score (nSPS) is 14.5. The maximum Gasteiger partial charge on any atom is 0.353 e. The summed E-state index contributed by atoms with van der Waals surface area (Å²) in [5.41, 5.74) is 1.09. The molecule has 40 heavy (non-hydrogen) atoms. The molecule has 2 aromatic carbocycles. The lowest BCUT2D eigenvalue weighted by molar-refractivity contribution is -0.383. The van der Waals surface area contributed by atoms with Gasteiger partial charge in [0.1, 0.15) is 6.33 Å². The second-order valence-corrected chi connectivity index (χ2v) is 9.01. The second kappa shape index (κ2) is 11.4. The van der Waals surface area contributed by atoms with Gasteiger partial charge in [-0.3, -0.25) is 15.0 Å². The molecule has 14 heteroatoms. The van der Waals surface area contributed by atoms with Gasteiger partial charge in [0.2, 0.25) is 18.4 Å². The summed E-state index contributed by atoms with van der Waals surface area (Å²) < 4.78 is 20.4. The summed E-state index contributed by atoms with van der Waals surface area (Å²) in [6.07, 6.45) is 1.23. The van der Waals surface area contributed by atoms with Gasteiger partial charge in [0.15, 0.2) is 11.5 Å². The number of carbonyl (C=O) groups excluding carboxylic acids is 2. The molecule has 0 bridgehead atoms. The van der Waals surface area contributed by atoms with Crippen LogP contribution in [0.4, 0.5) is 23.0 Å². The van der Waals surface area contributed by atoms with Crippen molar-refractivity contribution >= 4 is 34.9 Å². The fourth-order valence-electron chi connectivity index (χ4n) is 4.58. The Hall–Kier alpha value is -4.98. The first-order chi connectivity index (χ1) is 19.4. The number of benzene rings is 2. The first-order valence-corrected chi connectivity index (χ1v) is 12.3. The molecule has 0 spiro atoms. The average molecular weight is 551 g/mol. The van der Waals surface area contributed by atoms with Crippen molar-refractivity contribution in [2.24, 2.45) is 0 Å². The predicted molar refractivity (Wildman–Crippen MR) is 141 cm³/mol. The summed E-state index contributed by atoms with van der Waals surface area (Å²) in [5.74, 6) is 0.157. The Kier molecular flexibility index (Phi) is 7.59. The number of carbonyl (C=O) groups is 2. The van der Waals surface area contributed by atoms with E-state index in [1.165, 1.54) is 38.7 Å². The zero-order valence-corrected chi connectivity index (χ0v) is 21.8. The van der Waals surface area contributed by atoms with Gasteiger partial charge in [0.25, 0.3) is 0 Å². The fraction of sp³-hybridized carbons (Fsp3) is 0.308. The van der Waals surface area contributed by atoms with Crippen molar-refractivity contribution in [3.63, 3.8) is 0 Å². The molecule has 5 rings (SSSR count). The summed E-state index contributed by atoms with van der Waals surface area (Å²) in [5, 5.41) is 15.1. The number of esters is 2. The second-order valence-electron chi connectivity index (χ2n) is 9.01. The molecule has 0 unspecified atom stereocenters. The highest BCUT2D eigenvalue weighted by molar-refractivity contribution is 5.97. The van der Waals surface area contributed by atoms with Gasteiger partial charge in [-0.1, -0.05) is 6.07 Å². The third-order valence-corrected chi connectivity index (χ3v) is 6.54. The van der Waals surface area contributed by atoms with Crippen LogP contribution < -0.4 is 19.7 Å². The lowest BCUT2D eigenvalue weighted by Gasteiger charge is -2.35. The summed E-state index contributed by atoms with van der Waals surface area (Å²) in [7, 11) is 2.41. The van der Waals surface area contributed by atoms with E-state index in [2.05, 4.69) is 20.2 Å². The van der Waals surface area contributed by atoms with Crippen LogP contribution in [0.15, 0.2) is 42.7 Å². The van der Waals surface area contributed by atoms with E-state index in [0.29, 0.717) is 32.7 Å². The highest BCUT2D eigenvalue weighted by atomic mass is 16.7. The molecule has 0 amide bonds. The Balaban J connectivity index is 1.34. The van der Waals surface area contributed by atoms with Gasteiger partial charge in [0.05, 0.1) is 30.3 Å². The molecule has 1 N–H and O–H groups in total. The number of fused-ring (bicyclic) bond motifs is 1. The minimum Gasteiger partial charge on any atom is -0.465 e. The quantitative estimate of drug-likeness (QED) is 0.248. The van der Waals surface area contributed by atoms with Crippen LogP contribution in [0.5, 0.6) is 11.5 Å². The highest BCUT2D eigenvalue weighted by Gasteiger charge is 2.30. The van der Waals surface area contributed by atoms with E-state index < -0.39 is 16.9 Å². The van der Waals surface area contributed by atoms with Gasteiger partial charge < -0.3 is 29.2 Å². The molecule has 1 saturated heterocycles. The number of aromatic nitrogens is 2. The number of anilines is 3. The Morgan fingerprint density at radius 2 is 1.65 bits per heavy atom. The number of hydrogen-bond donors (Lipinski definition) is 1. The van der Waals surface area contributed by atoms with Crippen LogP contribution in [0, 0.1) is 10.1 Å². The number of methoxy groups -OCH3 is 2. The van der Waals surface area contributed by atoms with E-state index in [1.54, 1.807) is 0 Å². The predicted octanol–water partition coefficient (Wildman–Crippen LogP) is 2.75. The molecule has 208 valence electrons. The van der Waals surface area contributed by atoms with Crippen molar-refractivity contribution < 1.29 is 33.5 Å². The first-order valence-electron chi connectivity index (χ1n) is 12.3. The van der Waals surface area contributed by atoms with Crippen LogP contribution in [-0.2, 0) is 16.0 Å². The monoisotopic (exact) mass is 550 g/mol. The molecule has 0 aliphatic carbocycles. The number of ether oxygens (including phenoxy) is 4. The van der Waals surface area contributed by atoms with Crippen LogP contribution in [0.25, 0.3) is 0 Å². The van der Waals surface area contributed by atoms with Crippen LogP contribution in [0.3, 0.4) is 0 Å². The Morgan fingerprint density at radius 1 is 0.975 bits per heavy atom. The molecule has 14 nitrogen and oxygen atoms in total. The summed E-state index contributed by atoms with van der Waals surface area (Å²) in [6, 6.07) is 9.96. The van der Waals surface area contributed by atoms with Crippen LogP contribution in [0.2, 0.25) is 0 Å². The Labute approximate surface area is 228 Å². The van der Waals surface area contributed by atoms with E-state index in [-0.39, 0.29) is 40.9 Å². The highest BCUT2D eigenvalue weighted by Crippen LogP contribution is 2.35. The van der Waals surface area contributed by atoms with E-state index in [1.807, 2.05) is 23.1 Å². The maximum atomic E-state index is 12.2. The molecule has 2 aliphatic rings. The number of nitrogens with zero attached hydrogens (tertiary/aromatic N) is 5. The van der Waals surface area contributed by atoms with Crippen molar-refractivity contribution in [3.8, 4) is 11.5 Å². The molecule has 1 fully saturated rings. The molecule has 0 saturated carbocycles. The molecule has 2 aliphatic heterocycles. The largest absolute Gasteiger partial charge is 0.465 e. The van der Waals surface area contributed by atoms with Gasteiger partial charge in [0, 0.05) is 38.4 Å². The van der Waals surface area contributed by atoms with Gasteiger partial charge in [-0.05, 0) is 35.9 Å². The Morgan fingerprint density at radius 3 is 2.30 bits per heavy atom. The maximum absolute atomic E-state index is 12.2. The minimum atomic E-state index is -0.690. The van der Waals surface area contributed by atoms with Crippen molar-refractivity contribution in [1.29, 1.82) is 0 Å². The summed E-state index contributed by atoms with van der Waals surface area (Å²) >= 11 is 0. The zero-order valence-electron chi connectivity index (χ0n) is 21.8. The van der Waals surface area contributed by atoms with Gasteiger partial charge in [-0.25, -0.2) is 19.6 Å². The molecule has 3 heterocycles. The van der Waals surface area contributed by atoms with E-state index in [4.69, 9.17) is 18.9 Å². The van der Waals surface area contributed by atoms with E-state index >= 15 is 0 Å². The standard InChI is InChI=1S/C26H26N6O8/c1-37-25(33)17-10-18(26(34)38-2)12-19(11-17)29-23-22(32(35)36)24(28-14-27-23)31-7-5-30(6-8-31)13-16-3-4-20-21(9-16)40-15-39-20/h3-4,9-12,14H,5-8,13,15H2,1-2H3,(H,27,28,29). The number of rotatable bonds is 8. The van der Waals surface area contributed by atoms with Gasteiger partial charge in [-0.2, -0.15) is 0 Å². The minimum absolute atomic E-state index is 0.0587. The number of piperazine rings is 1. The fourth-order valence-corrected chi connectivity index (χ4v) is 4.58. The van der Waals surface area contributed by atoms with Gasteiger partial charge in [-0.15, -0.1) is 0 Å². The van der Waals surface area contributed by atoms with Crippen molar-refractivity contribution in [2.75, 3.05) is 57.4 Å². The van der Waals surface area contributed by atoms with E-state index in [9.17, 15) is 19.7 Å². The average Bonchev–Trinajstić information content (AvgIpc) is 3.44. The number of nitrogens with one attached hydrogen (secondary N) is 1. The third kappa shape index (κ3) is 5.56. The van der Waals surface area contributed by atoms with Crippen molar-refractivity contribution in [1.82, 2.24) is 14.9 Å². The summed E-state index contributed by atoms with van der Waals surface area (Å²) in [6.45, 7) is 3.24. The molecule has 1 aromatic heterocycles. The molecular formula is C26H26N6O8. The smallest absolute Gasteiger partial charge is 0.353 e. The first kappa shape index (κ1) is 26.6. The van der Waals surface area contributed by atoms with Gasteiger partial charge >= 0.3 is 17.6 Å². The van der Waals surface area contributed by atoms with E-state index in [0.717, 1.165) is 17.1 Å². The number of nitro groups is 1. The topological polar surface area (TPSA) is 158 Å². The summed E-state index contributed by atoms with van der Waals surface area (Å²) in [4.78, 5) is 48.3. The Bertz CT molecular complexity index is 1420. The SMILES string of the molecule is COC(=O)c1cc(Nc2ncnc(N3CCN(Cc4ccc5c(c4)OCO5)CC3)c2[N+](=O)[O-])cc(C(=O)OC)c1. The molecule has 0 atom stereocenters. The molecule has 0 radical (unpaired) electrons. The number of hydrogen-bond acceptors (Lipinski definition) is 13.